The van der Waals surface area contributed by atoms with Crippen LogP contribution in [0.15, 0.2) is 12.3 Å². The van der Waals surface area contributed by atoms with Gasteiger partial charge < -0.3 is 0 Å². The molecule has 0 radical (unpaired) electrons. The Bertz CT molecular complexity index is 506. The highest BCUT2D eigenvalue weighted by molar-refractivity contribution is 6.28. The van der Waals surface area contributed by atoms with Crippen LogP contribution >= 0.6 is 11.6 Å². The van der Waals surface area contributed by atoms with Crippen molar-refractivity contribution in [2.75, 3.05) is 0 Å². The molecule has 0 atom stereocenters. The maximum Gasteiger partial charge on any atom is 0.230 e. The minimum absolute atomic E-state index is 0.127. The van der Waals surface area contributed by atoms with E-state index in [1.54, 1.807) is 9.25 Å². The molecule has 0 saturated carbocycles. The van der Waals surface area contributed by atoms with Crippen molar-refractivity contribution in [3.05, 3.63) is 23.4 Å². The van der Waals surface area contributed by atoms with Crippen molar-refractivity contribution in [3.63, 3.8) is 0 Å². The zero-order valence-corrected chi connectivity index (χ0v) is 10.5. The number of rotatable bonds is 1. The van der Waals surface area contributed by atoms with Gasteiger partial charge in [-0.15, -0.1) is 10.2 Å². The van der Waals surface area contributed by atoms with Gasteiger partial charge in [0.15, 0.2) is 5.82 Å². The van der Waals surface area contributed by atoms with Crippen molar-refractivity contribution in [3.8, 4) is 5.82 Å². The summed E-state index contributed by atoms with van der Waals surface area (Å²) in [6, 6.07) is 1.88. The van der Waals surface area contributed by atoms with Crippen molar-refractivity contribution in [1.82, 2.24) is 24.5 Å². The Balaban J connectivity index is 2.60. The SMILES string of the molecule is Cn1ccc(-n2c(Cl)nnc2C(C)(C)C)n1. The number of aryl methyl sites for hydroxylation is 1. The smallest absolute Gasteiger partial charge is 0.230 e. The zero-order chi connectivity index (χ0) is 11.9. The zero-order valence-electron chi connectivity index (χ0n) is 9.77. The van der Waals surface area contributed by atoms with E-state index >= 15 is 0 Å². The number of halogens is 1. The van der Waals surface area contributed by atoms with Gasteiger partial charge in [-0.2, -0.15) is 5.10 Å². The lowest BCUT2D eigenvalue weighted by molar-refractivity contribution is 0.530. The molecule has 0 fully saturated rings. The lowest BCUT2D eigenvalue weighted by atomic mass is 9.96. The molecule has 0 aliphatic carbocycles. The Labute approximate surface area is 99.1 Å². The molecule has 16 heavy (non-hydrogen) atoms. The Morgan fingerprint density at radius 3 is 2.44 bits per heavy atom. The van der Waals surface area contributed by atoms with Gasteiger partial charge in [-0.1, -0.05) is 20.8 Å². The summed E-state index contributed by atoms with van der Waals surface area (Å²) in [5, 5.41) is 12.6. The first kappa shape index (κ1) is 11.1. The van der Waals surface area contributed by atoms with Crippen LogP contribution in [0, 0.1) is 0 Å². The summed E-state index contributed by atoms with van der Waals surface area (Å²) in [7, 11) is 1.86. The van der Waals surface area contributed by atoms with E-state index in [0.717, 1.165) is 11.6 Å². The standard InChI is InChI=1S/C10H14ClN5/c1-10(2,3)8-12-13-9(11)16(8)7-5-6-15(4)14-7/h5-6H,1-4H3. The molecule has 2 aromatic heterocycles. The fraction of sp³-hybridized carbons (Fsp3) is 0.500. The van der Waals surface area contributed by atoms with Crippen molar-refractivity contribution < 1.29 is 0 Å². The molecule has 5 nitrogen and oxygen atoms in total. The molecular weight excluding hydrogens is 226 g/mol. The third kappa shape index (κ3) is 1.82. The van der Waals surface area contributed by atoms with Gasteiger partial charge in [0.25, 0.3) is 0 Å². The van der Waals surface area contributed by atoms with Crippen molar-refractivity contribution >= 4 is 11.6 Å². The lowest BCUT2D eigenvalue weighted by Crippen LogP contribution is -2.18. The van der Waals surface area contributed by atoms with E-state index in [2.05, 4.69) is 36.1 Å². The maximum absolute atomic E-state index is 6.03. The number of hydrogen-bond donors (Lipinski definition) is 0. The Kier molecular flexibility index (Phi) is 2.50. The van der Waals surface area contributed by atoms with E-state index in [9.17, 15) is 0 Å². The van der Waals surface area contributed by atoms with Crippen LogP contribution in [0.4, 0.5) is 0 Å². The van der Waals surface area contributed by atoms with Gasteiger partial charge in [0.05, 0.1) is 0 Å². The molecule has 0 N–H and O–H groups in total. The number of nitrogens with zero attached hydrogens (tertiary/aromatic N) is 5. The lowest BCUT2D eigenvalue weighted by Gasteiger charge is -2.17. The van der Waals surface area contributed by atoms with Crippen LogP contribution in [0.5, 0.6) is 0 Å². The average Bonchev–Trinajstić information content (AvgIpc) is 2.70. The van der Waals surface area contributed by atoms with Gasteiger partial charge in [0.1, 0.15) is 5.82 Å². The molecule has 86 valence electrons. The van der Waals surface area contributed by atoms with Crippen LogP contribution in [-0.2, 0) is 12.5 Å². The first-order chi connectivity index (χ1) is 7.39. The molecule has 0 aliphatic heterocycles. The van der Waals surface area contributed by atoms with Crippen molar-refractivity contribution in [1.29, 1.82) is 0 Å². The van der Waals surface area contributed by atoms with Crippen LogP contribution in [0.25, 0.3) is 5.82 Å². The summed E-state index contributed by atoms with van der Waals surface area (Å²) in [4.78, 5) is 0. The average molecular weight is 240 g/mol. The van der Waals surface area contributed by atoms with Crippen LogP contribution in [0.1, 0.15) is 26.6 Å². The number of aromatic nitrogens is 5. The minimum atomic E-state index is -0.127. The predicted molar refractivity (Wildman–Crippen MR) is 61.8 cm³/mol. The first-order valence-electron chi connectivity index (χ1n) is 5.01. The minimum Gasteiger partial charge on any atom is -0.274 e. The highest BCUT2D eigenvalue weighted by Crippen LogP contribution is 2.25. The Hall–Kier alpha value is -1.36. The van der Waals surface area contributed by atoms with E-state index in [-0.39, 0.29) is 5.41 Å². The molecule has 2 rings (SSSR count). The van der Waals surface area contributed by atoms with Crippen LogP contribution in [0.2, 0.25) is 5.28 Å². The van der Waals surface area contributed by atoms with E-state index < -0.39 is 0 Å². The molecule has 2 heterocycles. The van der Waals surface area contributed by atoms with Gasteiger partial charge in [-0.05, 0) is 11.6 Å². The molecule has 0 unspecified atom stereocenters. The van der Waals surface area contributed by atoms with Crippen molar-refractivity contribution in [2.45, 2.75) is 26.2 Å². The Morgan fingerprint density at radius 2 is 1.94 bits per heavy atom. The molecule has 0 saturated heterocycles. The van der Waals surface area contributed by atoms with E-state index in [1.165, 1.54) is 0 Å². The van der Waals surface area contributed by atoms with Gasteiger partial charge in [-0.25, -0.2) is 0 Å². The van der Waals surface area contributed by atoms with Gasteiger partial charge >= 0.3 is 0 Å². The highest BCUT2D eigenvalue weighted by atomic mass is 35.5. The molecule has 0 bridgehead atoms. The fourth-order valence-electron chi connectivity index (χ4n) is 1.48. The normalized spacial score (nSPS) is 12.1. The fourth-order valence-corrected chi connectivity index (χ4v) is 1.68. The Morgan fingerprint density at radius 1 is 1.25 bits per heavy atom. The second-order valence-electron chi connectivity index (χ2n) is 4.73. The molecular formula is C10H14ClN5. The van der Waals surface area contributed by atoms with E-state index in [4.69, 9.17) is 11.6 Å². The summed E-state index contributed by atoms with van der Waals surface area (Å²) in [6.07, 6.45) is 1.86. The third-order valence-electron chi connectivity index (χ3n) is 2.22. The molecule has 0 aromatic carbocycles. The summed E-state index contributed by atoms with van der Waals surface area (Å²) in [6.45, 7) is 6.19. The summed E-state index contributed by atoms with van der Waals surface area (Å²) >= 11 is 6.03. The van der Waals surface area contributed by atoms with Crippen molar-refractivity contribution in [2.24, 2.45) is 7.05 Å². The molecule has 6 heteroatoms. The van der Waals surface area contributed by atoms with Crippen LogP contribution in [-0.4, -0.2) is 24.5 Å². The topological polar surface area (TPSA) is 48.5 Å². The quantitative estimate of drug-likeness (QED) is 0.764. The molecule has 0 amide bonds. The van der Waals surface area contributed by atoms with E-state index in [0.29, 0.717) is 5.28 Å². The van der Waals surface area contributed by atoms with E-state index in [1.807, 2.05) is 19.3 Å². The predicted octanol–water partition coefficient (Wildman–Crippen LogP) is 1.95. The van der Waals surface area contributed by atoms with Crippen LogP contribution in [0.3, 0.4) is 0 Å². The summed E-state index contributed by atoms with van der Waals surface area (Å²) in [5.74, 6) is 1.54. The highest BCUT2D eigenvalue weighted by Gasteiger charge is 2.25. The second kappa shape index (κ2) is 3.59. The largest absolute Gasteiger partial charge is 0.274 e. The first-order valence-corrected chi connectivity index (χ1v) is 5.39. The van der Waals surface area contributed by atoms with Gasteiger partial charge in [0, 0.05) is 24.7 Å². The van der Waals surface area contributed by atoms with Gasteiger partial charge in [0.2, 0.25) is 5.28 Å². The number of hydrogen-bond acceptors (Lipinski definition) is 3. The molecule has 0 spiro atoms. The second-order valence-corrected chi connectivity index (χ2v) is 5.06. The molecule has 2 aromatic rings. The molecule has 0 aliphatic rings. The summed E-state index contributed by atoms with van der Waals surface area (Å²) < 4.78 is 3.49. The van der Waals surface area contributed by atoms with Gasteiger partial charge in [-0.3, -0.25) is 9.25 Å². The summed E-state index contributed by atoms with van der Waals surface area (Å²) in [5.41, 5.74) is -0.127. The maximum atomic E-state index is 6.03. The monoisotopic (exact) mass is 239 g/mol. The third-order valence-corrected chi connectivity index (χ3v) is 2.47. The van der Waals surface area contributed by atoms with Crippen LogP contribution < -0.4 is 0 Å².